The van der Waals surface area contributed by atoms with Gasteiger partial charge in [0.15, 0.2) is 21.6 Å². The van der Waals surface area contributed by atoms with Gasteiger partial charge in [-0.15, -0.1) is 0 Å². The second-order valence-corrected chi connectivity index (χ2v) is 14.0. The lowest BCUT2D eigenvalue weighted by molar-refractivity contribution is -0.478. The molecule has 15 heteroatoms. The van der Waals surface area contributed by atoms with Crippen molar-refractivity contribution in [1.82, 2.24) is 4.57 Å². The molecule has 0 saturated carbocycles. The number of benzene rings is 2. The predicted molar refractivity (Wildman–Crippen MR) is 165 cm³/mol. The zero-order chi connectivity index (χ0) is 33.6. The van der Waals surface area contributed by atoms with Crippen molar-refractivity contribution in [1.29, 1.82) is 0 Å². The van der Waals surface area contributed by atoms with E-state index in [1.165, 1.54) is 0 Å². The van der Waals surface area contributed by atoms with Crippen LogP contribution in [0, 0.1) is 0 Å². The van der Waals surface area contributed by atoms with E-state index in [9.17, 15) is 18.0 Å². The average molecular weight is 680 g/mol. The van der Waals surface area contributed by atoms with Crippen molar-refractivity contribution in [3.63, 3.8) is 0 Å². The molecule has 0 amide bonds. The summed E-state index contributed by atoms with van der Waals surface area (Å²) in [5.74, 6) is 2.75. The van der Waals surface area contributed by atoms with Gasteiger partial charge in [-0.3, -0.25) is 10.1 Å². The van der Waals surface area contributed by atoms with E-state index in [0.29, 0.717) is 13.0 Å². The highest BCUT2D eigenvalue weighted by Gasteiger charge is 2.43. The van der Waals surface area contributed by atoms with E-state index in [4.69, 9.17) is 27.2 Å². The summed E-state index contributed by atoms with van der Waals surface area (Å²) in [6, 6.07) is 16.3. The lowest BCUT2D eigenvalue weighted by Gasteiger charge is -2.31. The first-order valence-electron chi connectivity index (χ1n) is 14.1. The Kier molecular flexibility index (Phi) is 8.98. The average Bonchev–Trinajstić information content (AvgIpc) is 3.51. The standard InChI is InChI=1S/C30H32N3O4S.CHF3O3S/c1-30(2,3)31-28-24-17-37-25-15-10-20(34)16-23(25)32(24)29-33(28)26(18-6-11-21(35-4)12-7-18)27(38-29)19-8-13-22(36-5)14-9-19;2-1(3,4)8(5,6)7/h6-15,23,25,31H,16-17H2,1-5H3;(H,5,6,7)/q+1;/p-1/t23-,25+;/m0./s1. The summed E-state index contributed by atoms with van der Waals surface area (Å²) in [5, 5.41) is 3.78. The molecule has 46 heavy (non-hydrogen) atoms. The molecule has 6 rings (SSSR count). The molecular formula is C31H32F3N3O7S2. The van der Waals surface area contributed by atoms with Crippen molar-refractivity contribution in [3.05, 3.63) is 66.4 Å². The number of carbonyl (C=O) groups excluding carboxylic acids is 1. The van der Waals surface area contributed by atoms with Crippen molar-refractivity contribution in [2.75, 3.05) is 19.5 Å². The number of aromatic nitrogens is 2. The van der Waals surface area contributed by atoms with E-state index < -0.39 is 15.6 Å². The van der Waals surface area contributed by atoms with E-state index in [1.54, 1.807) is 31.6 Å². The van der Waals surface area contributed by atoms with Crippen LogP contribution in [0.25, 0.3) is 26.7 Å². The number of ketones is 1. The number of anilines is 1. The zero-order valence-corrected chi connectivity index (χ0v) is 27.2. The Balaban J connectivity index is 0.000000463. The molecule has 0 radical (unpaired) electrons. The Hall–Kier alpha value is -3.92. The van der Waals surface area contributed by atoms with Gasteiger partial charge in [0.1, 0.15) is 35.9 Å². The number of allylic oxidation sites excluding steroid dienone is 1. The van der Waals surface area contributed by atoms with Gasteiger partial charge in [0.2, 0.25) is 0 Å². The van der Waals surface area contributed by atoms with Gasteiger partial charge in [-0.1, -0.05) is 11.3 Å². The Labute approximate surface area is 267 Å². The summed E-state index contributed by atoms with van der Waals surface area (Å²) in [6.45, 7) is 6.94. The fourth-order valence-corrected chi connectivity index (χ4v) is 6.68. The van der Waals surface area contributed by atoms with E-state index in [0.717, 1.165) is 49.7 Å². The predicted octanol–water partition coefficient (Wildman–Crippen LogP) is 5.87. The maximum Gasteiger partial charge on any atom is 0.485 e. The Bertz CT molecular complexity index is 1890. The van der Waals surface area contributed by atoms with Gasteiger partial charge in [0, 0.05) is 12.0 Å². The van der Waals surface area contributed by atoms with Crippen LogP contribution in [-0.2, 0) is 26.3 Å². The van der Waals surface area contributed by atoms with Crippen LogP contribution in [0.5, 0.6) is 11.5 Å². The van der Waals surface area contributed by atoms with Crippen molar-refractivity contribution in [2.24, 2.45) is 0 Å². The lowest BCUT2D eigenvalue weighted by atomic mass is 9.96. The number of hydrogen-bond acceptors (Lipinski definition) is 9. The van der Waals surface area contributed by atoms with Crippen LogP contribution in [0.2, 0.25) is 0 Å². The van der Waals surface area contributed by atoms with Gasteiger partial charge in [-0.05, 0) is 87.0 Å². The SMILES string of the molecule is COc1ccc(-c2sc3n4c(c(NC(C)(C)C)[n+]3c2-c2ccc(OC)cc2)CO[C@@H]2C=CC(=O)C[C@@H]24)cc1.O=S(=O)([O-])C(F)(F)F. The van der Waals surface area contributed by atoms with Crippen molar-refractivity contribution < 1.29 is 49.5 Å². The molecule has 0 saturated heterocycles. The lowest BCUT2D eigenvalue weighted by Crippen LogP contribution is -2.36. The summed E-state index contributed by atoms with van der Waals surface area (Å²) in [7, 11) is -2.73. The molecule has 2 aromatic heterocycles. The second kappa shape index (κ2) is 12.4. The first kappa shape index (κ1) is 33.4. The van der Waals surface area contributed by atoms with Crippen molar-refractivity contribution in [2.45, 2.75) is 57.0 Å². The van der Waals surface area contributed by atoms with Gasteiger partial charge in [0.05, 0.1) is 24.6 Å². The normalized spacial score (nSPS) is 18.0. The van der Waals surface area contributed by atoms with E-state index in [2.05, 4.69) is 59.3 Å². The number of ether oxygens (including phenoxy) is 3. The Morgan fingerprint density at radius 2 is 1.54 bits per heavy atom. The number of fused-ring (bicyclic) bond motifs is 5. The summed E-state index contributed by atoms with van der Waals surface area (Å²) < 4.78 is 80.7. The highest BCUT2D eigenvalue weighted by atomic mass is 32.2. The highest BCUT2D eigenvalue weighted by Crippen LogP contribution is 2.44. The van der Waals surface area contributed by atoms with Gasteiger partial charge >= 0.3 is 5.51 Å². The minimum Gasteiger partial charge on any atom is -0.741 e. The van der Waals surface area contributed by atoms with Crippen LogP contribution >= 0.6 is 11.3 Å². The Morgan fingerprint density at radius 3 is 2.04 bits per heavy atom. The molecule has 0 fully saturated rings. The number of carbonyl (C=O) groups is 1. The number of halogens is 3. The number of methoxy groups -OCH3 is 2. The number of nitrogens with zero attached hydrogens (tertiary/aromatic N) is 2. The molecule has 1 aliphatic heterocycles. The fraction of sp³-hybridized carbons (Fsp3) is 0.355. The van der Waals surface area contributed by atoms with Crippen LogP contribution in [-0.4, -0.2) is 54.7 Å². The molecular weight excluding hydrogens is 647 g/mol. The van der Waals surface area contributed by atoms with Crippen molar-refractivity contribution >= 4 is 38.0 Å². The fourth-order valence-electron chi connectivity index (χ4n) is 5.32. The van der Waals surface area contributed by atoms with Gasteiger partial charge < -0.3 is 18.8 Å². The molecule has 0 bridgehead atoms. The third-order valence-corrected chi connectivity index (χ3v) is 9.08. The Morgan fingerprint density at radius 1 is 1.00 bits per heavy atom. The highest BCUT2D eigenvalue weighted by molar-refractivity contribution is 7.86. The van der Waals surface area contributed by atoms with Crippen LogP contribution < -0.4 is 19.2 Å². The largest absolute Gasteiger partial charge is 0.741 e. The molecule has 3 heterocycles. The maximum absolute atomic E-state index is 12.5. The first-order valence-corrected chi connectivity index (χ1v) is 16.3. The summed E-state index contributed by atoms with van der Waals surface area (Å²) >= 11 is 1.74. The molecule has 2 atom stereocenters. The number of hydrogen-bond donors (Lipinski definition) is 1. The molecule has 2 aliphatic rings. The van der Waals surface area contributed by atoms with Gasteiger partial charge in [-0.25, -0.2) is 13.0 Å². The van der Waals surface area contributed by atoms with Crippen LogP contribution in [0.1, 0.15) is 38.9 Å². The molecule has 10 nitrogen and oxygen atoms in total. The molecule has 0 unspecified atom stereocenters. The van der Waals surface area contributed by atoms with E-state index >= 15 is 0 Å². The van der Waals surface area contributed by atoms with Crippen LogP contribution in [0.15, 0.2) is 60.7 Å². The molecule has 1 aliphatic carbocycles. The molecule has 2 aromatic carbocycles. The van der Waals surface area contributed by atoms with Crippen LogP contribution in [0.4, 0.5) is 19.0 Å². The zero-order valence-electron chi connectivity index (χ0n) is 25.5. The first-order chi connectivity index (χ1) is 21.5. The third-order valence-electron chi connectivity index (χ3n) is 7.32. The number of alkyl halides is 3. The summed E-state index contributed by atoms with van der Waals surface area (Å²) in [4.78, 5) is 14.8. The number of nitrogens with one attached hydrogen (secondary N) is 1. The topological polar surface area (TPSA) is 123 Å². The van der Waals surface area contributed by atoms with Gasteiger partial charge in [-0.2, -0.15) is 17.6 Å². The molecule has 246 valence electrons. The number of thiazole rings is 1. The van der Waals surface area contributed by atoms with Crippen molar-refractivity contribution in [3.8, 4) is 33.2 Å². The molecule has 1 N–H and O–H groups in total. The second-order valence-electron chi connectivity index (χ2n) is 11.7. The molecule has 4 aromatic rings. The number of imidazole rings is 1. The van der Waals surface area contributed by atoms with E-state index in [-0.39, 0.29) is 23.5 Å². The summed E-state index contributed by atoms with van der Waals surface area (Å²) in [5.41, 5.74) is -1.52. The molecule has 0 spiro atoms. The summed E-state index contributed by atoms with van der Waals surface area (Å²) in [6.07, 6.45) is 3.86. The van der Waals surface area contributed by atoms with Crippen LogP contribution in [0.3, 0.4) is 0 Å². The minimum absolute atomic E-state index is 0.0900. The van der Waals surface area contributed by atoms with E-state index in [1.807, 2.05) is 30.3 Å². The quantitative estimate of drug-likeness (QED) is 0.158. The smallest absolute Gasteiger partial charge is 0.485 e. The minimum atomic E-state index is -6.09. The monoisotopic (exact) mass is 679 g/mol. The maximum atomic E-state index is 12.5. The third kappa shape index (κ3) is 6.63. The van der Waals surface area contributed by atoms with Gasteiger partial charge in [0.25, 0.3) is 10.8 Å². The number of rotatable bonds is 5.